The fraction of sp³-hybridized carbons (Fsp3) is 0.276. The fourth-order valence-corrected chi connectivity index (χ4v) is 5.31. The highest BCUT2D eigenvalue weighted by Crippen LogP contribution is 2.40. The van der Waals surface area contributed by atoms with Crippen LogP contribution in [0.3, 0.4) is 0 Å². The summed E-state index contributed by atoms with van der Waals surface area (Å²) >= 11 is 1.67. The van der Waals surface area contributed by atoms with Crippen molar-refractivity contribution >= 4 is 27.1 Å². The predicted octanol–water partition coefficient (Wildman–Crippen LogP) is 8.01. The number of rotatable bonds is 4. The quantitative estimate of drug-likeness (QED) is 0.303. The number of aromatic nitrogens is 1. The van der Waals surface area contributed by atoms with Crippen LogP contribution in [0.25, 0.3) is 21.3 Å². The van der Waals surface area contributed by atoms with E-state index in [-0.39, 0.29) is 5.41 Å². The molecule has 0 amide bonds. The molecule has 4 nitrogen and oxygen atoms in total. The van der Waals surface area contributed by atoms with E-state index in [0.717, 1.165) is 34.4 Å². The summed E-state index contributed by atoms with van der Waals surface area (Å²) in [6, 6.07) is 21.2. The maximum Gasteiger partial charge on any atom is 0.182 e. The van der Waals surface area contributed by atoms with Gasteiger partial charge in [0.15, 0.2) is 5.06 Å². The Morgan fingerprint density at radius 3 is 2.47 bits per heavy atom. The van der Waals surface area contributed by atoms with E-state index >= 15 is 0 Å². The van der Waals surface area contributed by atoms with E-state index in [0.29, 0.717) is 0 Å². The van der Waals surface area contributed by atoms with Crippen LogP contribution in [-0.4, -0.2) is 23.6 Å². The first kappa shape index (κ1) is 22.5. The number of ether oxygens (including phenoxy) is 1. The van der Waals surface area contributed by atoms with Gasteiger partial charge in [-0.1, -0.05) is 50.3 Å². The van der Waals surface area contributed by atoms with Gasteiger partial charge in [0.2, 0.25) is 0 Å². The van der Waals surface area contributed by atoms with Crippen LogP contribution < -0.4 is 9.64 Å². The standard InChI is InChI=1S/C29H31N3OS/c1-19-20(2)32(18-31(19)6)22-9-7-10-23(16-22)33-28-17-25-24(11-8-12-27(25)34-28)26-15-21(13-14-30-26)29(3,4)5/h7-17H,18H2,1-6H3. The molecule has 0 atom stereocenters. The Hall–Kier alpha value is -3.31. The van der Waals surface area contributed by atoms with Crippen LogP contribution in [0.5, 0.6) is 10.8 Å². The normalized spacial score (nSPS) is 14.4. The summed E-state index contributed by atoms with van der Waals surface area (Å²) in [6.45, 7) is 11.9. The van der Waals surface area contributed by atoms with Crippen molar-refractivity contribution in [2.75, 3.05) is 18.6 Å². The molecule has 0 fully saturated rings. The Morgan fingerprint density at radius 1 is 0.941 bits per heavy atom. The van der Waals surface area contributed by atoms with Crippen LogP contribution in [0.4, 0.5) is 5.69 Å². The van der Waals surface area contributed by atoms with Crippen molar-refractivity contribution in [1.29, 1.82) is 0 Å². The molecule has 5 rings (SSSR count). The first-order valence-corrected chi connectivity index (χ1v) is 12.5. The highest BCUT2D eigenvalue weighted by Gasteiger charge is 2.22. The number of hydrogen-bond acceptors (Lipinski definition) is 5. The van der Waals surface area contributed by atoms with Crippen LogP contribution in [0.1, 0.15) is 40.2 Å². The summed E-state index contributed by atoms with van der Waals surface area (Å²) < 4.78 is 7.56. The zero-order valence-electron chi connectivity index (χ0n) is 20.7. The predicted molar refractivity (Wildman–Crippen MR) is 144 cm³/mol. The van der Waals surface area contributed by atoms with E-state index in [1.54, 1.807) is 11.3 Å². The largest absolute Gasteiger partial charge is 0.447 e. The highest BCUT2D eigenvalue weighted by molar-refractivity contribution is 7.20. The maximum absolute atomic E-state index is 6.36. The lowest BCUT2D eigenvalue weighted by atomic mass is 9.87. The second-order valence-corrected chi connectivity index (χ2v) is 11.0. The van der Waals surface area contributed by atoms with Crippen LogP contribution in [0.2, 0.25) is 0 Å². The smallest absolute Gasteiger partial charge is 0.182 e. The molecule has 2 aromatic carbocycles. The third kappa shape index (κ3) is 4.16. The second-order valence-electron chi connectivity index (χ2n) is 10.0. The van der Waals surface area contributed by atoms with E-state index in [1.807, 2.05) is 12.3 Å². The van der Waals surface area contributed by atoms with E-state index in [2.05, 4.69) is 106 Å². The molecule has 4 aromatic rings. The number of pyridine rings is 1. The number of hydrogen-bond donors (Lipinski definition) is 0. The minimum Gasteiger partial charge on any atom is -0.447 e. The molecule has 0 saturated heterocycles. The van der Waals surface area contributed by atoms with Gasteiger partial charge < -0.3 is 14.5 Å². The van der Waals surface area contributed by atoms with Gasteiger partial charge in [0, 0.05) is 58.1 Å². The van der Waals surface area contributed by atoms with E-state index in [9.17, 15) is 0 Å². The van der Waals surface area contributed by atoms with Crippen molar-refractivity contribution in [1.82, 2.24) is 9.88 Å². The summed E-state index contributed by atoms with van der Waals surface area (Å²) in [6.07, 6.45) is 1.91. The van der Waals surface area contributed by atoms with Crippen LogP contribution in [-0.2, 0) is 5.41 Å². The lowest BCUT2D eigenvalue weighted by molar-refractivity contribution is 0.459. The molecule has 0 radical (unpaired) electrons. The maximum atomic E-state index is 6.36. The Kier molecular flexibility index (Phi) is 5.61. The van der Waals surface area contributed by atoms with Gasteiger partial charge in [-0.15, -0.1) is 0 Å². The average molecular weight is 470 g/mol. The third-order valence-electron chi connectivity index (χ3n) is 6.64. The molecular weight excluding hydrogens is 438 g/mol. The van der Waals surface area contributed by atoms with Crippen LogP contribution in [0, 0.1) is 0 Å². The van der Waals surface area contributed by atoms with Crippen LogP contribution in [0.15, 0.2) is 78.3 Å². The van der Waals surface area contributed by atoms with Crippen molar-refractivity contribution in [3.05, 3.63) is 83.8 Å². The van der Waals surface area contributed by atoms with Crippen molar-refractivity contribution in [2.45, 2.75) is 40.0 Å². The van der Waals surface area contributed by atoms with Crippen LogP contribution >= 0.6 is 11.3 Å². The molecule has 0 spiro atoms. The Labute approximate surface area is 206 Å². The van der Waals surface area contributed by atoms with E-state index in [1.165, 1.54) is 27.0 Å². The number of thiophene rings is 1. The number of anilines is 1. The molecule has 0 N–H and O–H groups in total. The van der Waals surface area contributed by atoms with Gasteiger partial charge >= 0.3 is 0 Å². The summed E-state index contributed by atoms with van der Waals surface area (Å²) in [4.78, 5) is 9.27. The SMILES string of the molecule is CC1=C(C)N(c2cccc(Oc3cc4c(-c5cc(C(C)(C)C)ccn5)cccc4s3)c2)CN1C. The minimum atomic E-state index is 0.0791. The van der Waals surface area contributed by atoms with Gasteiger partial charge in [-0.05, 0) is 55.2 Å². The fourth-order valence-electron chi connectivity index (χ4n) is 4.36. The molecule has 174 valence electrons. The first-order chi connectivity index (χ1) is 16.2. The summed E-state index contributed by atoms with van der Waals surface area (Å²) in [7, 11) is 2.13. The molecule has 1 aliphatic heterocycles. The Balaban J connectivity index is 1.46. The lowest BCUT2D eigenvalue weighted by Crippen LogP contribution is -2.24. The molecule has 0 saturated carbocycles. The van der Waals surface area contributed by atoms with Gasteiger partial charge in [-0.25, -0.2) is 0 Å². The zero-order chi connectivity index (χ0) is 24.0. The monoisotopic (exact) mass is 469 g/mol. The second kappa shape index (κ2) is 8.48. The minimum absolute atomic E-state index is 0.0791. The zero-order valence-corrected chi connectivity index (χ0v) is 21.5. The molecule has 0 aliphatic carbocycles. The topological polar surface area (TPSA) is 28.6 Å². The van der Waals surface area contributed by atoms with Gasteiger partial charge in [-0.3, -0.25) is 4.98 Å². The first-order valence-electron chi connectivity index (χ1n) is 11.6. The molecule has 3 heterocycles. The molecule has 2 aromatic heterocycles. The van der Waals surface area contributed by atoms with Gasteiger partial charge in [0.05, 0.1) is 12.4 Å². The molecule has 1 aliphatic rings. The lowest BCUT2D eigenvalue weighted by Gasteiger charge is -2.21. The molecule has 0 unspecified atom stereocenters. The van der Waals surface area contributed by atoms with Gasteiger partial charge in [-0.2, -0.15) is 0 Å². The number of fused-ring (bicyclic) bond motifs is 1. The van der Waals surface area contributed by atoms with E-state index < -0.39 is 0 Å². The summed E-state index contributed by atoms with van der Waals surface area (Å²) in [5.41, 5.74) is 7.22. The summed E-state index contributed by atoms with van der Waals surface area (Å²) in [5, 5.41) is 2.06. The number of nitrogens with zero attached hydrogens (tertiary/aromatic N) is 3. The molecule has 5 heteroatoms. The van der Waals surface area contributed by atoms with Gasteiger partial charge in [0.1, 0.15) is 5.75 Å². The molecule has 34 heavy (non-hydrogen) atoms. The van der Waals surface area contributed by atoms with Crippen molar-refractivity contribution in [2.24, 2.45) is 0 Å². The number of allylic oxidation sites excluding steroid dienone is 2. The summed E-state index contributed by atoms with van der Waals surface area (Å²) in [5.74, 6) is 0.846. The molecular formula is C29H31N3OS. The third-order valence-corrected chi connectivity index (χ3v) is 7.62. The number of benzene rings is 2. The van der Waals surface area contributed by atoms with Crippen molar-refractivity contribution in [3.63, 3.8) is 0 Å². The van der Waals surface area contributed by atoms with Crippen molar-refractivity contribution in [3.8, 4) is 22.1 Å². The average Bonchev–Trinajstić information content (AvgIpc) is 3.34. The van der Waals surface area contributed by atoms with E-state index in [4.69, 9.17) is 9.72 Å². The van der Waals surface area contributed by atoms with Crippen molar-refractivity contribution < 1.29 is 4.74 Å². The Bertz CT molecular complexity index is 1400. The molecule has 0 bridgehead atoms. The van der Waals surface area contributed by atoms with Gasteiger partial charge in [0.25, 0.3) is 0 Å². The Morgan fingerprint density at radius 2 is 1.74 bits per heavy atom. The highest BCUT2D eigenvalue weighted by atomic mass is 32.1.